The van der Waals surface area contributed by atoms with E-state index in [1.54, 1.807) is 27.0 Å². The number of nitrogens with one attached hydrogen (secondary N) is 2. The van der Waals surface area contributed by atoms with Crippen LogP contribution in [0.2, 0.25) is 0 Å². The van der Waals surface area contributed by atoms with Crippen molar-refractivity contribution in [2.45, 2.75) is 25.4 Å². The number of carbonyl (C=O) groups is 3. The molecule has 0 spiro atoms. The molecule has 1 saturated heterocycles. The minimum absolute atomic E-state index is 0.0350. The monoisotopic (exact) mass is 349 g/mol. The SMILES string of the molecule is COC[C@@]1(C)NC(=O)N(CC(=O)N[C@@H](C)c2ccccc2OC)C1=O. The van der Waals surface area contributed by atoms with Crippen molar-refractivity contribution in [3.8, 4) is 5.75 Å². The molecule has 1 aromatic rings. The van der Waals surface area contributed by atoms with Crippen molar-refractivity contribution >= 4 is 17.8 Å². The lowest BCUT2D eigenvalue weighted by molar-refractivity contribution is -0.136. The predicted octanol–water partition coefficient (Wildman–Crippen LogP) is 0.829. The molecule has 1 heterocycles. The molecule has 0 saturated carbocycles. The van der Waals surface area contributed by atoms with Gasteiger partial charge in [-0.2, -0.15) is 0 Å². The van der Waals surface area contributed by atoms with Gasteiger partial charge in [0.1, 0.15) is 17.8 Å². The average molecular weight is 349 g/mol. The van der Waals surface area contributed by atoms with Crippen molar-refractivity contribution in [3.63, 3.8) is 0 Å². The second kappa shape index (κ2) is 7.52. The average Bonchev–Trinajstić information content (AvgIpc) is 2.78. The maximum atomic E-state index is 12.4. The molecule has 1 aliphatic heterocycles. The number of imide groups is 1. The molecule has 0 aliphatic carbocycles. The number of hydrogen-bond donors (Lipinski definition) is 2. The van der Waals surface area contributed by atoms with Crippen LogP contribution in [0, 0.1) is 0 Å². The highest BCUT2D eigenvalue weighted by Gasteiger charge is 2.48. The molecule has 2 N–H and O–H groups in total. The van der Waals surface area contributed by atoms with Gasteiger partial charge in [-0.15, -0.1) is 0 Å². The Balaban J connectivity index is 2.03. The number of nitrogens with zero attached hydrogens (tertiary/aromatic N) is 1. The Morgan fingerprint density at radius 3 is 2.64 bits per heavy atom. The van der Waals surface area contributed by atoms with Gasteiger partial charge < -0.3 is 20.1 Å². The van der Waals surface area contributed by atoms with Gasteiger partial charge in [-0.25, -0.2) is 4.79 Å². The summed E-state index contributed by atoms with van der Waals surface area (Å²) in [5.41, 5.74) is -0.347. The lowest BCUT2D eigenvalue weighted by atomic mass is 10.0. The molecular formula is C17H23N3O5. The van der Waals surface area contributed by atoms with Crippen LogP contribution in [0.15, 0.2) is 24.3 Å². The standard InChI is InChI=1S/C17H23N3O5/c1-11(12-7-5-6-8-13(12)25-4)18-14(21)9-20-15(22)17(2,10-24-3)19-16(20)23/h5-8,11H,9-10H2,1-4H3,(H,18,21)(H,19,23)/t11-,17+/m0/s1. The third kappa shape index (κ3) is 3.90. The van der Waals surface area contributed by atoms with Crippen molar-refractivity contribution in [1.82, 2.24) is 15.5 Å². The van der Waals surface area contributed by atoms with Crippen LogP contribution in [0.5, 0.6) is 5.75 Å². The number of para-hydroxylation sites is 1. The maximum absolute atomic E-state index is 12.4. The van der Waals surface area contributed by atoms with E-state index < -0.39 is 23.4 Å². The molecule has 2 atom stereocenters. The molecule has 1 aliphatic rings. The van der Waals surface area contributed by atoms with Crippen LogP contribution in [0.25, 0.3) is 0 Å². The number of amides is 4. The fourth-order valence-electron chi connectivity index (χ4n) is 2.81. The topological polar surface area (TPSA) is 97.0 Å². The molecule has 0 aromatic heterocycles. The quantitative estimate of drug-likeness (QED) is 0.711. The molecule has 0 radical (unpaired) electrons. The summed E-state index contributed by atoms with van der Waals surface area (Å²) in [6.45, 7) is 3.04. The van der Waals surface area contributed by atoms with E-state index in [0.29, 0.717) is 5.75 Å². The largest absolute Gasteiger partial charge is 0.496 e. The smallest absolute Gasteiger partial charge is 0.325 e. The van der Waals surface area contributed by atoms with Crippen LogP contribution in [-0.2, 0) is 14.3 Å². The van der Waals surface area contributed by atoms with Gasteiger partial charge in [0.05, 0.1) is 19.8 Å². The van der Waals surface area contributed by atoms with E-state index in [9.17, 15) is 14.4 Å². The zero-order valence-electron chi connectivity index (χ0n) is 14.8. The molecule has 8 heteroatoms. The number of carbonyl (C=O) groups excluding carboxylic acids is 3. The van der Waals surface area contributed by atoms with Crippen molar-refractivity contribution in [2.24, 2.45) is 0 Å². The normalized spacial score (nSPS) is 21.0. The first-order valence-corrected chi connectivity index (χ1v) is 7.87. The summed E-state index contributed by atoms with van der Waals surface area (Å²) in [6, 6.07) is 6.37. The Morgan fingerprint density at radius 1 is 1.32 bits per heavy atom. The van der Waals surface area contributed by atoms with E-state index in [1.165, 1.54) is 7.11 Å². The van der Waals surface area contributed by atoms with E-state index in [2.05, 4.69) is 10.6 Å². The van der Waals surface area contributed by atoms with E-state index >= 15 is 0 Å². The van der Waals surface area contributed by atoms with Crippen LogP contribution < -0.4 is 15.4 Å². The fraction of sp³-hybridized carbons (Fsp3) is 0.471. The van der Waals surface area contributed by atoms with Gasteiger partial charge in [-0.05, 0) is 19.9 Å². The Hall–Kier alpha value is -2.61. The Bertz CT molecular complexity index is 678. The van der Waals surface area contributed by atoms with Crippen molar-refractivity contribution in [1.29, 1.82) is 0 Å². The maximum Gasteiger partial charge on any atom is 0.325 e. The molecule has 8 nitrogen and oxygen atoms in total. The summed E-state index contributed by atoms with van der Waals surface area (Å²) in [5, 5.41) is 5.33. The summed E-state index contributed by atoms with van der Waals surface area (Å²) in [4.78, 5) is 37.6. The molecule has 1 aromatic carbocycles. The first-order chi connectivity index (χ1) is 11.8. The number of methoxy groups -OCH3 is 2. The number of benzene rings is 1. The molecule has 1 fully saturated rings. The van der Waals surface area contributed by atoms with Crippen molar-refractivity contribution in [2.75, 3.05) is 27.4 Å². The summed E-state index contributed by atoms with van der Waals surface area (Å²) < 4.78 is 10.2. The second-order valence-corrected chi connectivity index (χ2v) is 6.12. The molecule has 2 rings (SSSR count). The predicted molar refractivity (Wildman–Crippen MR) is 90.1 cm³/mol. The van der Waals surface area contributed by atoms with Gasteiger partial charge in [-0.1, -0.05) is 18.2 Å². The molecular weight excluding hydrogens is 326 g/mol. The minimum atomic E-state index is -1.15. The van der Waals surface area contributed by atoms with Crippen molar-refractivity contribution in [3.05, 3.63) is 29.8 Å². The van der Waals surface area contributed by atoms with Crippen LogP contribution in [0.1, 0.15) is 25.5 Å². The summed E-state index contributed by atoms with van der Waals surface area (Å²) in [7, 11) is 2.99. The van der Waals surface area contributed by atoms with E-state index in [1.807, 2.05) is 18.2 Å². The summed E-state index contributed by atoms with van der Waals surface area (Å²) >= 11 is 0. The first-order valence-electron chi connectivity index (χ1n) is 7.87. The highest BCUT2D eigenvalue weighted by Crippen LogP contribution is 2.24. The zero-order valence-corrected chi connectivity index (χ0v) is 14.8. The Kier molecular flexibility index (Phi) is 5.63. The third-order valence-corrected chi connectivity index (χ3v) is 4.06. The van der Waals surface area contributed by atoms with Crippen LogP contribution in [0.3, 0.4) is 0 Å². The van der Waals surface area contributed by atoms with E-state index in [-0.39, 0.29) is 19.2 Å². The molecule has 0 bridgehead atoms. The van der Waals surface area contributed by atoms with Gasteiger partial charge in [0, 0.05) is 12.7 Å². The Labute approximate surface area is 146 Å². The molecule has 4 amide bonds. The number of ether oxygens (including phenoxy) is 2. The van der Waals surface area contributed by atoms with Gasteiger partial charge in [0.2, 0.25) is 5.91 Å². The lowest BCUT2D eigenvalue weighted by Gasteiger charge is -2.21. The lowest BCUT2D eigenvalue weighted by Crippen LogP contribution is -2.48. The van der Waals surface area contributed by atoms with E-state index in [0.717, 1.165) is 10.5 Å². The Morgan fingerprint density at radius 2 is 2.00 bits per heavy atom. The van der Waals surface area contributed by atoms with Gasteiger partial charge in [-0.3, -0.25) is 14.5 Å². The van der Waals surface area contributed by atoms with Gasteiger partial charge in [0.25, 0.3) is 5.91 Å². The number of urea groups is 1. The third-order valence-electron chi connectivity index (χ3n) is 4.06. The van der Waals surface area contributed by atoms with Gasteiger partial charge in [0.15, 0.2) is 0 Å². The fourth-order valence-corrected chi connectivity index (χ4v) is 2.81. The molecule has 136 valence electrons. The minimum Gasteiger partial charge on any atom is -0.496 e. The number of rotatable bonds is 7. The van der Waals surface area contributed by atoms with Crippen molar-refractivity contribution < 1.29 is 23.9 Å². The summed E-state index contributed by atoms with van der Waals surface area (Å²) in [6.07, 6.45) is 0. The van der Waals surface area contributed by atoms with Crippen LogP contribution in [0.4, 0.5) is 4.79 Å². The van der Waals surface area contributed by atoms with Gasteiger partial charge >= 0.3 is 6.03 Å². The zero-order chi connectivity index (χ0) is 18.6. The highest BCUT2D eigenvalue weighted by atomic mass is 16.5. The first kappa shape index (κ1) is 18.7. The second-order valence-electron chi connectivity index (χ2n) is 6.12. The highest BCUT2D eigenvalue weighted by molar-refractivity contribution is 6.08. The van der Waals surface area contributed by atoms with Crippen LogP contribution >= 0.6 is 0 Å². The summed E-state index contributed by atoms with van der Waals surface area (Å²) in [5.74, 6) is -0.277. The number of hydrogen-bond acceptors (Lipinski definition) is 5. The molecule has 25 heavy (non-hydrogen) atoms. The molecule has 0 unspecified atom stereocenters. The van der Waals surface area contributed by atoms with E-state index in [4.69, 9.17) is 9.47 Å². The van der Waals surface area contributed by atoms with Crippen LogP contribution in [-0.4, -0.2) is 55.7 Å².